The maximum atomic E-state index is 6.26. The summed E-state index contributed by atoms with van der Waals surface area (Å²) in [5, 5.41) is 4.50. The van der Waals surface area contributed by atoms with Crippen LogP contribution in [0.25, 0.3) is 0 Å². The van der Waals surface area contributed by atoms with E-state index in [0.29, 0.717) is 5.41 Å². The largest absolute Gasteiger partial charge is 0.493 e. The molecule has 0 bridgehead atoms. The molecule has 0 aromatic heterocycles. The van der Waals surface area contributed by atoms with Crippen molar-refractivity contribution >= 4 is 11.6 Å². The Labute approximate surface area is 126 Å². The molecule has 20 heavy (non-hydrogen) atoms. The molecule has 0 atom stereocenters. The summed E-state index contributed by atoms with van der Waals surface area (Å²) in [5.41, 5.74) is 3.19. The Balaban J connectivity index is 1.75. The molecular weight excluding hydrogens is 270 g/mol. The van der Waals surface area contributed by atoms with E-state index in [2.05, 4.69) is 38.2 Å². The second kappa shape index (κ2) is 4.92. The zero-order chi connectivity index (χ0) is 14.4. The minimum absolute atomic E-state index is 0.183. The van der Waals surface area contributed by atoms with Crippen LogP contribution in [0.15, 0.2) is 12.1 Å². The molecule has 0 saturated heterocycles. The number of halogens is 1. The summed E-state index contributed by atoms with van der Waals surface area (Å²) < 4.78 is 5.82. The molecule has 0 unspecified atom stereocenters. The number of hydrogen-bond donors (Lipinski definition) is 1. The number of hydrogen-bond acceptors (Lipinski definition) is 2. The number of nitrogens with one attached hydrogen (secondary N) is 1. The molecule has 1 aromatic rings. The Morgan fingerprint density at radius 3 is 2.70 bits per heavy atom. The highest BCUT2D eigenvalue weighted by Crippen LogP contribution is 2.50. The predicted molar refractivity (Wildman–Crippen MR) is 83.8 cm³/mol. The van der Waals surface area contributed by atoms with Crippen LogP contribution in [-0.2, 0) is 12.8 Å². The number of rotatable bonds is 4. The van der Waals surface area contributed by atoms with Crippen LogP contribution in [0, 0.1) is 5.41 Å². The van der Waals surface area contributed by atoms with Crippen LogP contribution in [0.2, 0.25) is 5.02 Å². The first-order chi connectivity index (χ1) is 9.37. The van der Waals surface area contributed by atoms with Crippen molar-refractivity contribution in [1.82, 2.24) is 5.32 Å². The van der Waals surface area contributed by atoms with Gasteiger partial charge in [0.05, 0.1) is 6.61 Å². The quantitative estimate of drug-likeness (QED) is 0.906. The Morgan fingerprint density at radius 2 is 2.05 bits per heavy atom. The van der Waals surface area contributed by atoms with Gasteiger partial charge in [0.25, 0.3) is 0 Å². The van der Waals surface area contributed by atoms with E-state index >= 15 is 0 Å². The molecule has 0 amide bonds. The molecule has 1 aliphatic heterocycles. The molecular formula is C17H24ClNO. The van der Waals surface area contributed by atoms with Gasteiger partial charge in [-0.3, -0.25) is 0 Å². The van der Waals surface area contributed by atoms with Crippen molar-refractivity contribution in [3.05, 3.63) is 28.3 Å². The topological polar surface area (TPSA) is 21.3 Å². The van der Waals surface area contributed by atoms with Gasteiger partial charge < -0.3 is 10.1 Å². The van der Waals surface area contributed by atoms with Gasteiger partial charge in [-0.15, -0.1) is 0 Å². The third-order valence-electron chi connectivity index (χ3n) is 4.34. The first-order valence-electron chi connectivity index (χ1n) is 7.56. The van der Waals surface area contributed by atoms with E-state index in [-0.39, 0.29) is 5.54 Å². The predicted octanol–water partition coefficient (Wildman–Crippen LogP) is 3.99. The van der Waals surface area contributed by atoms with Crippen LogP contribution in [0.1, 0.15) is 44.7 Å². The average Bonchev–Trinajstić information content (AvgIpc) is 2.93. The highest BCUT2D eigenvalue weighted by molar-refractivity contribution is 6.30. The van der Waals surface area contributed by atoms with Crippen LogP contribution >= 0.6 is 11.6 Å². The molecule has 1 N–H and O–H groups in total. The van der Waals surface area contributed by atoms with E-state index < -0.39 is 0 Å². The molecule has 3 rings (SSSR count). The molecule has 1 fully saturated rings. The van der Waals surface area contributed by atoms with E-state index in [1.54, 1.807) is 0 Å². The van der Waals surface area contributed by atoms with E-state index in [9.17, 15) is 0 Å². The molecule has 2 nitrogen and oxygen atoms in total. The molecule has 110 valence electrons. The van der Waals surface area contributed by atoms with Gasteiger partial charge >= 0.3 is 0 Å². The SMILES string of the molecule is CC(C)(C)NCC1(Cc2cc(Cl)cc3c2OCC3)CC1. The van der Waals surface area contributed by atoms with Gasteiger partial charge in [-0.1, -0.05) is 11.6 Å². The first-order valence-corrected chi connectivity index (χ1v) is 7.94. The van der Waals surface area contributed by atoms with Gasteiger partial charge in [0.1, 0.15) is 5.75 Å². The normalized spacial score (nSPS) is 19.6. The van der Waals surface area contributed by atoms with Crippen molar-refractivity contribution in [2.45, 2.75) is 52.0 Å². The maximum Gasteiger partial charge on any atom is 0.125 e. The smallest absolute Gasteiger partial charge is 0.125 e. The van der Waals surface area contributed by atoms with Gasteiger partial charge in [0.15, 0.2) is 0 Å². The van der Waals surface area contributed by atoms with E-state index in [4.69, 9.17) is 16.3 Å². The van der Waals surface area contributed by atoms with Gasteiger partial charge in [0.2, 0.25) is 0 Å². The average molecular weight is 294 g/mol. The molecule has 1 aromatic carbocycles. The summed E-state index contributed by atoms with van der Waals surface area (Å²) in [6.07, 6.45) is 4.68. The minimum Gasteiger partial charge on any atom is -0.493 e. The Bertz CT molecular complexity index is 514. The molecule has 0 spiro atoms. The summed E-state index contributed by atoms with van der Waals surface area (Å²) in [6.45, 7) is 8.56. The Kier molecular flexibility index (Phi) is 3.50. The van der Waals surface area contributed by atoms with Crippen molar-refractivity contribution < 1.29 is 4.74 Å². The lowest BCUT2D eigenvalue weighted by Crippen LogP contribution is -2.40. The van der Waals surface area contributed by atoms with Crippen LogP contribution in [0.4, 0.5) is 0 Å². The van der Waals surface area contributed by atoms with Crippen molar-refractivity contribution in [3.63, 3.8) is 0 Å². The zero-order valence-electron chi connectivity index (χ0n) is 12.7. The monoisotopic (exact) mass is 293 g/mol. The number of fused-ring (bicyclic) bond motifs is 1. The standard InChI is InChI=1S/C17H24ClNO/c1-16(2,3)19-11-17(5-6-17)10-13-9-14(18)8-12-4-7-20-15(12)13/h8-9,19H,4-7,10-11H2,1-3H3. The highest BCUT2D eigenvalue weighted by atomic mass is 35.5. The summed E-state index contributed by atoms with van der Waals surface area (Å²) >= 11 is 6.26. The lowest BCUT2D eigenvalue weighted by atomic mass is 9.93. The zero-order valence-corrected chi connectivity index (χ0v) is 13.4. The summed E-state index contributed by atoms with van der Waals surface area (Å²) in [6, 6.07) is 4.16. The van der Waals surface area contributed by atoms with Crippen molar-refractivity contribution in [1.29, 1.82) is 0 Å². The molecule has 2 aliphatic rings. The van der Waals surface area contributed by atoms with E-state index in [0.717, 1.165) is 36.8 Å². The fraction of sp³-hybridized carbons (Fsp3) is 0.647. The summed E-state index contributed by atoms with van der Waals surface area (Å²) in [7, 11) is 0. The number of benzene rings is 1. The van der Waals surface area contributed by atoms with Crippen molar-refractivity contribution in [2.75, 3.05) is 13.2 Å². The van der Waals surface area contributed by atoms with Crippen molar-refractivity contribution in [3.8, 4) is 5.75 Å². The molecule has 0 radical (unpaired) electrons. The van der Waals surface area contributed by atoms with Crippen molar-refractivity contribution in [2.24, 2.45) is 5.41 Å². The molecule has 1 saturated carbocycles. The summed E-state index contributed by atoms with van der Waals surface area (Å²) in [4.78, 5) is 0. The van der Waals surface area contributed by atoms with Crippen LogP contribution in [-0.4, -0.2) is 18.7 Å². The molecule has 1 aliphatic carbocycles. The maximum absolute atomic E-state index is 6.26. The Morgan fingerprint density at radius 1 is 1.30 bits per heavy atom. The number of ether oxygens (including phenoxy) is 1. The van der Waals surface area contributed by atoms with Gasteiger partial charge in [-0.25, -0.2) is 0 Å². The second-order valence-electron chi connectivity index (χ2n) is 7.43. The highest BCUT2D eigenvalue weighted by Gasteiger charge is 2.43. The first kappa shape index (κ1) is 14.2. The van der Waals surface area contributed by atoms with E-state index in [1.165, 1.54) is 24.0 Å². The van der Waals surface area contributed by atoms with Crippen LogP contribution in [0.3, 0.4) is 0 Å². The minimum atomic E-state index is 0.183. The fourth-order valence-electron chi connectivity index (χ4n) is 2.93. The third-order valence-corrected chi connectivity index (χ3v) is 4.56. The Hall–Kier alpha value is -0.730. The molecule has 3 heteroatoms. The van der Waals surface area contributed by atoms with E-state index in [1.807, 2.05) is 0 Å². The third kappa shape index (κ3) is 3.12. The van der Waals surface area contributed by atoms with Gasteiger partial charge in [-0.2, -0.15) is 0 Å². The van der Waals surface area contributed by atoms with Crippen LogP contribution < -0.4 is 10.1 Å². The van der Waals surface area contributed by atoms with Gasteiger partial charge in [-0.05, 0) is 68.7 Å². The lowest BCUT2D eigenvalue weighted by Gasteiger charge is -2.25. The summed E-state index contributed by atoms with van der Waals surface area (Å²) in [5.74, 6) is 1.11. The lowest BCUT2D eigenvalue weighted by molar-refractivity contribution is 0.338. The fourth-order valence-corrected chi connectivity index (χ4v) is 3.19. The van der Waals surface area contributed by atoms with Gasteiger partial charge in [0, 0.05) is 23.5 Å². The van der Waals surface area contributed by atoms with Crippen LogP contribution in [0.5, 0.6) is 5.75 Å². The molecule has 1 heterocycles. The second-order valence-corrected chi connectivity index (χ2v) is 7.87.